The predicted molar refractivity (Wildman–Crippen MR) is 50.4 cm³/mol. The Hall–Kier alpha value is -1.12. The van der Waals surface area contributed by atoms with Gasteiger partial charge < -0.3 is 4.90 Å². The second-order valence-electron chi connectivity index (χ2n) is 3.42. The SMILES string of the molecule is Cc1nccc(N2CCCC2)c1F. The second kappa shape index (κ2) is 3.32. The summed E-state index contributed by atoms with van der Waals surface area (Å²) in [5.74, 6) is -0.163. The molecule has 1 aliphatic heterocycles. The first-order chi connectivity index (χ1) is 6.29. The monoisotopic (exact) mass is 180 g/mol. The molecule has 0 radical (unpaired) electrons. The smallest absolute Gasteiger partial charge is 0.167 e. The van der Waals surface area contributed by atoms with Crippen LogP contribution in [0.3, 0.4) is 0 Å². The molecule has 1 saturated heterocycles. The molecule has 2 rings (SSSR count). The van der Waals surface area contributed by atoms with E-state index in [0.29, 0.717) is 11.4 Å². The number of anilines is 1. The van der Waals surface area contributed by atoms with Gasteiger partial charge in [0.25, 0.3) is 0 Å². The highest BCUT2D eigenvalue weighted by Gasteiger charge is 2.16. The van der Waals surface area contributed by atoms with Crippen LogP contribution in [-0.2, 0) is 0 Å². The van der Waals surface area contributed by atoms with E-state index in [1.165, 1.54) is 12.8 Å². The van der Waals surface area contributed by atoms with Gasteiger partial charge in [-0.3, -0.25) is 4.98 Å². The van der Waals surface area contributed by atoms with Gasteiger partial charge in [-0.15, -0.1) is 0 Å². The molecule has 1 aliphatic rings. The molecule has 1 aromatic rings. The van der Waals surface area contributed by atoms with E-state index in [9.17, 15) is 4.39 Å². The maximum absolute atomic E-state index is 13.5. The lowest BCUT2D eigenvalue weighted by Gasteiger charge is -2.18. The number of aromatic nitrogens is 1. The third-order valence-electron chi connectivity index (χ3n) is 2.49. The van der Waals surface area contributed by atoms with Gasteiger partial charge in [-0.05, 0) is 25.8 Å². The third-order valence-corrected chi connectivity index (χ3v) is 2.49. The van der Waals surface area contributed by atoms with Gasteiger partial charge in [0, 0.05) is 19.3 Å². The van der Waals surface area contributed by atoms with Crippen LogP contribution in [0.25, 0.3) is 0 Å². The van der Waals surface area contributed by atoms with Crippen LogP contribution in [0.4, 0.5) is 10.1 Å². The van der Waals surface area contributed by atoms with E-state index in [1.54, 1.807) is 19.2 Å². The van der Waals surface area contributed by atoms with Crippen molar-refractivity contribution < 1.29 is 4.39 Å². The van der Waals surface area contributed by atoms with Crippen molar-refractivity contribution in [3.8, 4) is 0 Å². The fourth-order valence-corrected chi connectivity index (χ4v) is 1.74. The molecule has 1 fully saturated rings. The maximum Gasteiger partial charge on any atom is 0.167 e. The van der Waals surface area contributed by atoms with Crippen LogP contribution < -0.4 is 4.90 Å². The summed E-state index contributed by atoms with van der Waals surface area (Å²) in [6.07, 6.45) is 4.01. The molecule has 0 saturated carbocycles. The molecule has 0 amide bonds. The van der Waals surface area contributed by atoms with Crippen LogP contribution in [0.2, 0.25) is 0 Å². The molecule has 0 bridgehead atoms. The van der Waals surface area contributed by atoms with Crippen molar-refractivity contribution in [3.63, 3.8) is 0 Å². The van der Waals surface area contributed by atoms with E-state index < -0.39 is 0 Å². The van der Waals surface area contributed by atoms with Crippen molar-refractivity contribution in [2.75, 3.05) is 18.0 Å². The Morgan fingerprint density at radius 1 is 1.38 bits per heavy atom. The fraction of sp³-hybridized carbons (Fsp3) is 0.500. The Balaban J connectivity index is 2.33. The van der Waals surface area contributed by atoms with E-state index in [0.717, 1.165) is 13.1 Å². The molecule has 0 spiro atoms. The number of hydrogen-bond acceptors (Lipinski definition) is 2. The molecule has 0 N–H and O–H groups in total. The number of halogens is 1. The highest BCUT2D eigenvalue weighted by molar-refractivity contribution is 5.48. The van der Waals surface area contributed by atoms with E-state index >= 15 is 0 Å². The molecular weight excluding hydrogens is 167 g/mol. The summed E-state index contributed by atoms with van der Waals surface area (Å²) >= 11 is 0. The number of hydrogen-bond donors (Lipinski definition) is 0. The van der Waals surface area contributed by atoms with E-state index in [2.05, 4.69) is 9.88 Å². The van der Waals surface area contributed by atoms with Crippen molar-refractivity contribution in [2.24, 2.45) is 0 Å². The Morgan fingerprint density at radius 2 is 2.08 bits per heavy atom. The van der Waals surface area contributed by atoms with Crippen molar-refractivity contribution in [2.45, 2.75) is 19.8 Å². The molecule has 2 nitrogen and oxygen atoms in total. The number of aryl methyl sites for hydroxylation is 1. The molecule has 0 aliphatic carbocycles. The fourth-order valence-electron chi connectivity index (χ4n) is 1.74. The second-order valence-corrected chi connectivity index (χ2v) is 3.42. The summed E-state index contributed by atoms with van der Waals surface area (Å²) < 4.78 is 13.5. The predicted octanol–water partition coefficient (Wildman–Crippen LogP) is 2.13. The first-order valence-corrected chi connectivity index (χ1v) is 4.65. The lowest BCUT2D eigenvalue weighted by Crippen LogP contribution is -2.19. The number of pyridine rings is 1. The number of rotatable bonds is 1. The minimum absolute atomic E-state index is 0.163. The topological polar surface area (TPSA) is 16.1 Å². The van der Waals surface area contributed by atoms with Crippen LogP contribution in [0.15, 0.2) is 12.3 Å². The van der Waals surface area contributed by atoms with E-state index in [4.69, 9.17) is 0 Å². The van der Waals surface area contributed by atoms with Crippen molar-refractivity contribution >= 4 is 5.69 Å². The standard InChI is InChI=1S/C10H13FN2/c1-8-10(11)9(4-5-12-8)13-6-2-3-7-13/h4-5H,2-3,6-7H2,1H3. The maximum atomic E-state index is 13.5. The van der Waals surface area contributed by atoms with Crippen LogP contribution in [0.1, 0.15) is 18.5 Å². The summed E-state index contributed by atoms with van der Waals surface area (Å²) in [6.45, 7) is 3.65. The van der Waals surface area contributed by atoms with Crippen LogP contribution in [-0.4, -0.2) is 18.1 Å². The Labute approximate surface area is 77.4 Å². The lowest BCUT2D eigenvalue weighted by atomic mass is 10.3. The molecule has 0 aromatic carbocycles. The minimum Gasteiger partial charge on any atom is -0.369 e. The van der Waals surface area contributed by atoms with Gasteiger partial charge in [-0.25, -0.2) is 4.39 Å². The van der Waals surface area contributed by atoms with E-state index in [-0.39, 0.29) is 5.82 Å². The molecular formula is C10H13FN2. The first-order valence-electron chi connectivity index (χ1n) is 4.65. The first kappa shape index (κ1) is 8.48. The largest absolute Gasteiger partial charge is 0.369 e. The van der Waals surface area contributed by atoms with Crippen molar-refractivity contribution in [1.82, 2.24) is 4.98 Å². The zero-order valence-electron chi connectivity index (χ0n) is 7.76. The van der Waals surface area contributed by atoms with Gasteiger partial charge in [0.15, 0.2) is 5.82 Å². The minimum atomic E-state index is -0.163. The highest BCUT2D eigenvalue weighted by atomic mass is 19.1. The molecule has 0 atom stereocenters. The summed E-state index contributed by atoms with van der Waals surface area (Å²) in [6, 6.07) is 1.76. The van der Waals surface area contributed by atoms with E-state index in [1.807, 2.05) is 0 Å². The summed E-state index contributed by atoms with van der Waals surface area (Å²) in [7, 11) is 0. The normalized spacial score (nSPS) is 16.6. The average molecular weight is 180 g/mol. The van der Waals surface area contributed by atoms with Crippen LogP contribution >= 0.6 is 0 Å². The Bertz CT molecular complexity index is 306. The van der Waals surface area contributed by atoms with Crippen LogP contribution in [0.5, 0.6) is 0 Å². The molecule has 3 heteroatoms. The molecule has 2 heterocycles. The summed E-state index contributed by atoms with van der Waals surface area (Å²) in [5.41, 5.74) is 1.20. The van der Waals surface area contributed by atoms with Crippen molar-refractivity contribution in [3.05, 3.63) is 23.8 Å². The summed E-state index contributed by atoms with van der Waals surface area (Å²) in [4.78, 5) is 6.00. The Kier molecular flexibility index (Phi) is 2.17. The summed E-state index contributed by atoms with van der Waals surface area (Å²) in [5, 5.41) is 0. The van der Waals surface area contributed by atoms with Gasteiger partial charge in [-0.1, -0.05) is 0 Å². The third kappa shape index (κ3) is 1.50. The van der Waals surface area contributed by atoms with Crippen molar-refractivity contribution in [1.29, 1.82) is 0 Å². The van der Waals surface area contributed by atoms with Gasteiger partial charge in [0.05, 0.1) is 11.4 Å². The molecule has 70 valence electrons. The zero-order valence-corrected chi connectivity index (χ0v) is 7.76. The number of nitrogens with zero attached hydrogens (tertiary/aromatic N) is 2. The molecule has 13 heavy (non-hydrogen) atoms. The van der Waals surface area contributed by atoms with Crippen LogP contribution in [0, 0.1) is 12.7 Å². The molecule has 1 aromatic heterocycles. The van der Waals surface area contributed by atoms with Gasteiger partial charge in [0.1, 0.15) is 0 Å². The van der Waals surface area contributed by atoms with Gasteiger partial charge in [-0.2, -0.15) is 0 Å². The Morgan fingerprint density at radius 3 is 2.77 bits per heavy atom. The van der Waals surface area contributed by atoms with Gasteiger partial charge in [0.2, 0.25) is 0 Å². The lowest BCUT2D eigenvalue weighted by molar-refractivity contribution is 0.605. The molecule has 0 unspecified atom stereocenters. The quantitative estimate of drug-likeness (QED) is 0.658. The highest BCUT2D eigenvalue weighted by Crippen LogP contribution is 2.23. The average Bonchev–Trinajstić information content (AvgIpc) is 2.62. The van der Waals surface area contributed by atoms with Gasteiger partial charge >= 0.3 is 0 Å². The zero-order chi connectivity index (χ0) is 9.26.